The Kier molecular flexibility index (Phi) is 4.57. The predicted octanol–water partition coefficient (Wildman–Crippen LogP) is 6.11. The summed E-state index contributed by atoms with van der Waals surface area (Å²) in [5.41, 5.74) is 4.10. The number of benzene rings is 3. The topological polar surface area (TPSA) is 26.3 Å². The zero-order valence-corrected chi connectivity index (χ0v) is 14.8. The number of hydrogen-bond acceptors (Lipinski definition) is 2. The number of ether oxygens (including phenoxy) is 1. The lowest BCUT2D eigenvalue weighted by atomic mass is 9.99. The van der Waals surface area contributed by atoms with Gasteiger partial charge in [-0.15, -0.1) is 0 Å². The van der Waals surface area contributed by atoms with Crippen molar-refractivity contribution in [3.05, 3.63) is 89.5 Å². The number of carbonyl (C=O) groups excluding carboxylic acids is 1. The van der Waals surface area contributed by atoms with Gasteiger partial charge < -0.3 is 4.74 Å². The molecule has 0 bridgehead atoms. The Morgan fingerprint density at radius 1 is 0.962 bits per heavy atom. The monoisotopic (exact) mass is 342 g/mol. The van der Waals surface area contributed by atoms with Crippen molar-refractivity contribution in [2.24, 2.45) is 0 Å². The van der Waals surface area contributed by atoms with Gasteiger partial charge in [-0.1, -0.05) is 67.3 Å². The Morgan fingerprint density at radius 3 is 2.65 bits per heavy atom. The molecule has 1 unspecified atom stereocenters. The van der Waals surface area contributed by atoms with Gasteiger partial charge in [-0.3, -0.25) is 0 Å². The summed E-state index contributed by atoms with van der Waals surface area (Å²) in [6.07, 6.45) is 5.80. The van der Waals surface area contributed by atoms with Crippen molar-refractivity contribution in [3.63, 3.8) is 0 Å². The largest absolute Gasteiger partial charge is 0.454 e. The van der Waals surface area contributed by atoms with Crippen LogP contribution in [-0.4, -0.2) is 5.97 Å². The minimum absolute atomic E-state index is 0.168. The minimum Gasteiger partial charge on any atom is -0.454 e. The molecule has 0 amide bonds. The van der Waals surface area contributed by atoms with Crippen LogP contribution in [0.1, 0.15) is 52.4 Å². The highest BCUT2D eigenvalue weighted by molar-refractivity contribution is 6.06. The molecule has 3 aromatic rings. The Hall–Kier alpha value is -2.87. The maximum atomic E-state index is 13.0. The number of fused-ring (bicyclic) bond motifs is 2. The summed E-state index contributed by atoms with van der Waals surface area (Å²) in [5.74, 6) is -0.251. The molecule has 0 saturated carbocycles. The number of esters is 1. The summed E-state index contributed by atoms with van der Waals surface area (Å²) < 4.78 is 6.00. The van der Waals surface area contributed by atoms with E-state index in [1.807, 2.05) is 48.5 Å². The van der Waals surface area contributed by atoms with E-state index in [-0.39, 0.29) is 12.1 Å². The molecule has 1 atom stereocenters. The van der Waals surface area contributed by atoms with Crippen LogP contribution < -0.4 is 0 Å². The first-order valence-electron chi connectivity index (χ1n) is 9.21. The second kappa shape index (κ2) is 7.17. The standard InChI is InChI=1S/C24H22O2/c1-2-17-11-7-14-21-19(17)13-8-15-22(21)24(25)26-23-16-6-4-10-18-9-3-5-12-20(18)23/h2-3,5,7-9,11-15,23H,1,4,6,10,16H2. The van der Waals surface area contributed by atoms with Crippen LogP contribution in [0.4, 0.5) is 0 Å². The van der Waals surface area contributed by atoms with Gasteiger partial charge in [0.15, 0.2) is 0 Å². The molecule has 130 valence electrons. The first kappa shape index (κ1) is 16.6. The van der Waals surface area contributed by atoms with E-state index >= 15 is 0 Å². The van der Waals surface area contributed by atoms with Crippen LogP contribution in [0.3, 0.4) is 0 Å². The van der Waals surface area contributed by atoms with Crippen LogP contribution in [0.2, 0.25) is 0 Å². The Bertz CT molecular complexity index is 971. The van der Waals surface area contributed by atoms with Gasteiger partial charge in [-0.25, -0.2) is 4.79 Å². The molecular weight excluding hydrogens is 320 g/mol. The van der Waals surface area contributed by atoms with Gasteiger partial charge in [0.25, 0.3) is 0 Å². The SMILES string of the molecule is C=Cc1cccc2c(C(=O)OC3CCCCc4ccccc43)cccc12. The Balaban J connectivity index is 1.69. The van der Waals surface area contributed by atoms with E-state index in [0.717, 1.165) is 47.6 Å². The summed E-state index contributed by atoms with van der Waals surface area (Å²) in [5, 5.41) is 1.94. The third-order valence-corrected chi connectivity index (χ3v) is 5.21. The lowest BCUT2D eigenvalue weighted by Crippen LogP contribution is -2.12. The fourth-order valence-electron chi connectivity index (χ4n) is 3.88. The smallest absolute Gasteiger partial charge is 0.339 e. The number of rotatable bonds is 3. The van der Waals surface area contributed by atoms with Crippen molar-refractivity contribution >= 4 is 22.8 Å². The summed E-state index contributed by atoms with van der Waals surface area (Å²) >= 11 is 0. The van der Waals surface area contributed by atoms with Gasteiger partial charge in [-0.05, 0) is 59.2 Å². The number of aryl methyl sites for hydroxylation is 1. The highest BCUT2D eigenvalue weighted by atomic mass is 16.5. The van der Waals surface area contributed by atoms with Crippen molar-refractivity contribution in [1.29, 1.82) is 0 Å². The molecule has 0 saturated heterocycles. The molecule has 0 fully saturated rings. The maximum Gasteiger partial charge on any atom is 0.339 e. The van der Waals surface area contributed by atoms with Crippen LogP contribution in [0.25, 0.3) is 16.8 Å². The normalized spacial score (nSPS) is 16.5. The van der Waals surface area contributed by atoms with E-state index < -0.39 is 0 Å². The van der Waals surface area contributed by atoms with Gasteiger partial charge in [0.2, 0.25) is 0 Å². The lowest BCUT2D eigenvalue weighted by Gasteiger charge is -2.19. The third-order valence-electron chi connectivity index (χ3n) is 5.21. The minimum atomic E-state index is -0.251. The Labute approximate surface area is 154 Å². The highest BCUT2D eigenvalue weighted by Crippen LogP contribution is 2.33. The molecule has 2 heteroatoms. The maximum absolute atomic E-state index is 13.0. The van der Waals surface area contributed by atoms with Crippen molar-refractivity contribution in [1.82, 2.24) is 0 Å². The molecule has 0 aromatic heterocycles. The van der Waals surface area contributed by atoms with E-state index in [0.29, 0.717) is 5.56 Å². The fraction of sp³-hybridized carbons (Fsp3) is 0.208. The zero-order chi connectivity index (χ0) is 17.9. The van der Waals surface area contributed by atoms with Gasteiger partial charge in [0, 0.05) is 0 Å². The van der Waals surface area contributed by atoms with Crippen molar-refractivity contribution in [2.45, 2.75) is 31.8 Å². The first-order chi connectivity index (χ1) is 12.8. The summed E-state index contributed by atoms with van der Waals surface area (Å²) in [6, 6.07) is 20.0. The second-order valence-corrected chi connectivity index (χ2v) is 6.79. The van der Waals surface area contributed by atoms with E-state index in [4.69, 9.17) is 4.74 Å². The molecule has 3 aromatic carbocycles. The molecule has 0 spiro atoms. The summed E-state index contributed by atoms with van der Waals surface area (Å²) in [6.45, 7) is 3.87. The molecule has 1 aliphatic rings. The molecular formula is C24H22O2. The predicted molar refractivity (Wildman–Crippen MR) is 106 cm³/mol. The molecule has 0 heterocycles. The van der Waals surface area contributed by atoms with Crippen LogP contribution in [0.15, 0.2) is 67.2 Å². The van der Waals surface area contributed by atoms with Gasteiger partial charge in [-0.2, -0.15) is 0 Å². The van der Waals surface area contributed by atoms with Crippen molar-refractivity contribution in [3.8, 4) is 0 Å². The van der Waals surface area contributed by atoms with Gasteiger partial charge in [0.05, 0.1) is 5.56 Å². The first-order valence-corrected chi connectivity index (χ1v) is 9.21. The molecule has 0 aliphatic heterocycles. The van der Waals surface area contributed by atoms with Crippen LogP contribution in [0, 0.1) is 0 Å². The van der Waals surface area contributed by atoms with E-state index in [1.54, 1.807) is 0 Å². The average molecular weight is 342 g/mol. The number of carbonyl (C=O) groups is 1. The average Bonchev–Trinajstić information content (AvgIpc) is 2.89. The zero-order valence-electron chi connectivity index (χ0n) is 14.8. The van der Waals surface area contributed by atoms with E-state index in [1.165, 1.54) is 5.56 Å². The Morgan fingerprint density at radius 2 is 1.77 bits per heavy atom. The highest BCUT2D eigenvalue weighted by Gasteiger charge is 2.23. The van der Waals surface area contributed by atoms with Crippen molar-refractivity contribution in [2.75, 3.05) is 0 Å². The molecule has 0 radical (unpaired) electrons. The van der Waals surface area contributed by atoms with E-state index in [9.17, 15) is 4.79 Å². The quantitative estimate of drug-likeness (QED) is 0.424. The van der Waals surface area contributed by atoms with Gasteiger partial charge in [0.1, 0.15) is 6.10 Å². The summed E-state index contributed by atoms with van der Waals surface area (Å²) in [7, 11) is 0. The van der Waals surface area contributed by atoms with Crippen molar-refractivity contribution < 1.29 is 9.53 Å². The summed E-state index contributed by atoms with van der Waals surface area (Å²) in [4.78, 5) is 13.0. The molecule has 2 nitrogen and oxygen atoms in total. The third kappa shape index (κ3) is 3.03. The second-order valence-electron chi connectivity index (χ2n) is 6.79. The van der Waals surface area contributed by atoms with Gasteiger partial charge >= 0.3 is 5.97 Å². The molecule has 4 rings (SSSR count). The van der Waals surface area contributed by atoms with Crippen LogP contribution in [0.5, 0.6) is 0 Å². The van der Waals surface area contributed by atoms with Crippen LogP contribution >= 0.6 is 0 Å². The molecule has 1 aliphatic carbocycles. The fourth-order valence-corrected chi connectivity index (χ4v) is 3.88. The molecule has 0 N–H and O–H groups in total. The number of hydrogen-bond donors (Lipinski definition) is 0. The van der Waals surface area contributed by atoms with Crippen LogP contribution in [-0.2, 0) is 11.2 Å². The lowest BCUT2D eigenvalue weighted by molar-refractivity contribution is 0.0278. The molecule has 26 heavy (non-hydrogen) atoms. The van der Waals surface area contributed by atoms with E-state index in [2.05, 4.69) is 24.8 Å².